The fourth-order valence-corrected chi connectivity index (χ4v) is 1.95. The molecule has 2 heterocycles. The lowest BCUT2D eigenvalue weighted by atomic mass is 10.1. The van der Waals surface area contributed by atoms with E-state index in [4.69, 9.17) is 0 Å². The summed E-state index contributed by atoms with van der Waals surface area (Å²) in [7, 11) is 0. The van der Waals surface area contributed by atoms with Gasteiger partial charge in [-0.1, -0.05) is 19.1 Å². The highest BCUT2D eigenvalue weighted by Crippen LogP contribution is 2.09. The Morgan fingerprint density at radius 1 is 1.63 bits per heavy atom. The maximum atomic E-state index is 11.8. The van der Waals surface area contributed by atoms with Crippen LogP contribution < -0.4 is 10.6 Å². The summed E-state index contributed by atoms with van der Waals surface area (Å²) in [4.78, 5) is 11.8. The van der Waals surface area contributed by atoms with E-state index in [0.29, 0.717) is 24.1 Å². The number of amides is 1. The van der Waals surface area contributed by atoms with Crippen LogP contribution in [-0.2, 0) is 0 Å². The molecule has 1 atom stereocenters. The number of rotatable bonds is 6. The molecule has 1 aromatic rings. The minimum atomic E-state index is -0.519. The molecule has 1 fully saturated rings. The van der Waals surface area contributed by atoms with Crippen molar-refractivity contribution in [1.82, 2.24) is 25.6 Å². The Bertz CT molecular complexity index is 428. The van der Waals surface area contributed by atoms with Crippen LogP contribution >= 0.6 is 0 Å². The van der Waals surface area contributed by atoms with E-state index in [1.807, 2.05) is 13.8 Å². The van der Waals surface area contributed by atoms with Crippen molar-refractivity contribution < 1.29 is 9.90 Å². The Balaban J connectivity index is 1.80. The van der Waals surface area contributed by atoms with E-state index >= 15 is 0 Å². The zero-order chi connectivity index (χ0) is 13.8. The zero-order valence-electron chi connectivity index (χ0n) is 11.3. The number of aliphatic hydroxyl groups excluding tert-OH is 1. The molecule has 2 rings (SSSR count). The molecule has 19 heavy (non-hydrogen) atoms. The van der Waals surface area contributed by atoms with Crippen LogP contribution in [0.4, 0.5) is 0 Å². The second kappa shape index (κ2) is 6.12. The van der Waals surface area contributed by atoms with Gasteiger partial charge in [-0.25, -0.2) is 4.68 Å². The molecule has 0 spiro atoms. The fraction of sp³-hybridized carbons (Fsp3) is 0.750. The molecule has 0 bridgehead atoms. The molecule has 1 amide bonds. The highest BCUT2D eigenvalue weighted by molar-refractivity contribution is 5.91. The van der Waals surface area contributed by atoms with Crippen molar-refractivity contribution >= 4 is 5.91 Å². The summed E-state index contributed by atoms with van der Waals surface area (Å²) in [5.41, 5.74) is 0.295. The van der Waals surface area contributed by atoms with Crippen molar-refractivity contribution in [3.05, 3.63) is 11.9 Å². The molecule has 0 radical (unpaired) electrons. The number of carbonyl (C=O) groups excluding carboxylic acids is 1. The predicted octanol–water partition coefficient (Wildman–Crippen LogP) is -0.441. The van der Waals surface area contributed by atoms with Crippen LogP contribution in [0.25, 0.3) is 0 Å². The van der Waals surface area contributed by atoms with Crippen molar-refractivity contribution in [2.75, 3.05) is 19.6 Å². The van der Waals surface area contributed by atoms with Crippen LogP contribution in [0.15, 0.2) is 6.20 Å². The lowest BCUT2D eigenvalue weighted by Gasteiger charge is -2.26. The monoisotopic (exact) mass is 267 g/mol. The van der Waals surface area contributed by atoms with E-state index in [1.165, 1.54) is 0 Å². The van der Waals surface area contributed by atoms with Gasteiger partial charge in [0.1, 0.15) is 0 Å². The Labute approximate surface area is 112 Å². The molecule has 3 N–H and O–H groups in total. The van der Waals surface area contributed by atoms with Gasteiger partial charge in [-0.2, -0.15) is 0 Å². The maximum absolute atomic E-state index is 11.8. The number of aromatic nitrogens is 3. The molecule has 1 aliphatic heterocycles. The number of aliphatic hydroxyl groups is 1. The second-order valence-electron chi connectivity index (χ2n) is 5.39. The molecule has 1 unspecified atom stereocenters. The molecular weight excluding hydrogens is 246 g/mol. The fourth-order valence-electron chi connectivity index (χ4n) is 1.95. The molecule has 1 aromatic heterocycles. The van der Waals surface area contributed by atoms with Gasteiger partial charge in [0.05, 0.1) is 18.3 Å². The van der Waals surface area contributed by atoms with Gasteiger partial charge in [-0.05, 0) is 12.3 Å². The number of nitrogens with one attached hydrogen (secondary N) is 2. The SMILES string of the molecule is CC(C)CC(O)CNC(=O)c1cn(C2CNC2)nn1. The van der Waals surface area contributed by atoms with Gasteiger partial charge < -0.3 is 15.7 Å². The van der Waals surface area contributed by atoms with Crippen LogP contribution in [-0.4, -0.2) is 51.7 Å². The van der Waals surface area contributed by atoms with E-state index in [1.54, 1.807) is 10.9 Å². The van der Waals surface area contributed by atoms with Gasteiger partial charge >= 0.3 is 0 Å². The quantitative estimate of drug-likeness (QED) is 0.650. The largest absolute Gasteiger partial charge is 0.391 e. The van der Waals surface area contributed by atoms with Crippen molar-refractivity contribution in [3.63, 3.8) is 0 Å². The second-order valence-corrected chi connectivity index (χ2v) is 5.39. The van der Waals surface area contributed by atoms with E-state index < -0.39 is 6.10 Å². The highest BCUT2D eigenvalue weighted by Gasteiger charge is 2.21. The molecule has 7 nitrogen and oxygen atoms in total. The third-order valence-corrected chi connectivity index (χ3v) is 3.12. The van der Waals surface area contributed by atoms with Gasteiger partial charge in [0, 0.05) is 19.6 Å². The summed E-state index contributed by atoms with van der Waals surface area (Å²) in [6.07, 6.45) is 1.80. The Kier molecular flexibility index (Phi) is 4.49. The van der Waals surface area contributed by atoms with Gasteiger partial charge in [-0.15, -0.1) is 5.10 Å². The Morgan fingerprint density at radius 2 is 2.37 bits per heavy atom. The number of hydrogen-bond donors (Lipinski definition) is 3. The third-order valence-electron chi connectivity index (χ3n) is 3.12. The van der Waals surface area contributed by atoms with Crippen molar-refractivity contribution in [3.8, 4) is 0 Å². The minimum absolute atomic E-state index is 0.245. The van der Waals surface area contributed by atoms with E-state index in [0.717, 1.165) is 13.1 Å². The summed E-state index contributed by atoms with van der Waals surface area (Å²) in [5.74, 6) is 0.111. The first kappa shape index (κ1) is 14.0. The standard InChI is InChI=1S/C12H21N5O2/c1-8(2)3-10(18)6-14-12(19)11-7-17(16-15-11)9-4-13-5-9/h7-10,13,18H,3-6H2,1-2H3,(H,14,19). The van der Waals surface area contributed by atoms with Crippen LogP contribution in [0.3, 0.4) is 0 Å². The van der Waals surface area contributed by atoms with Gasteiger partial charge in [0.15, 0.2) is 5.69 Å². The van der Waals surface area contributed by atoms with E-state index in [2.05, 4.69) is 20.9 Å². The first-order valence-electron chi connectivity index (χ1n) is 6.65. The normalized spacial score (nSPS) is 17.3. The molecule has 0 aliphatic carbocycles. The third kappa shape index (κ3) is 3.74. The van der Waals surface area contributed by atoms with Crippen molar-refractivity contribution in [2.45, 2.75) is 32.4 Å². The minimum Gasteiger partial charge on any atom is -0.391 e. The number of hydrogen-bond acceptors (Lipinski definition) is 5. The summed E-state index contributed by atoms with van der Waals surface area (Å²) >= 11 is 0. The Hall–Kier alpha value is -1.47. The Morgan fingerprint density at radius 3 is 2.95 bits per heavy atom. The topological polar surface area (TPSA) is 92.1 Å². The smallest absolute Gasteiger partial charge is 0.273 e. The summed E-state index contributed by atoms with van der Waals surface area (Å²) in [5, 5.41) is 23.3. The average Bonchev–Trinajstić information content (AvgIpc) is 2.71. The van der Waals surface area contributed by atoms with Crippen LogP contribution in [0.1, 0.15) is 36.8 Å². The molecule has 7 heteroatoms. The highest BCUT2D eigenvalue weighted by atomic mass is 16.3. The molecule has 0 aromatic carbocycles. The average molecular weight is 267 g/mol. The predicted molar refractivity (Wildman–Crippen MR) is 69.7 cm³/mol. The number of nitrogens with zero attached hydrogens (tertiary/aromatic N) is 3. The maximum Gasteiger partial charge on any atom is 0.273 e. The van der Waals surface area contributed by atoms with Crippen molar-refractivity contribution in [2.24, 2.45) is 5.92 Å². The van der Waals surface area contributed by atoms with Gasteiger partial charge in [0.25, 0.3) is 5.91 Å². The summed E-state index contributed by atoms with van der Waals surface area (Å²) in [6, 6.07) is 0.292. The van der Waals surface area contributed by atoms with Crippen LogP contribution in [0.2, 0.25) is 0 Å². The molecule has 1 aliphatic rings. The molecule has 0 saturated carbocycles. The zero-order valence-corrected chi connectivity index (χ0v) is 11.3. The lowest BCUT2D eigenvalue weighted by molar-refractivity contribution is 0.0895. The van der Waals surface area contributed by atoms with Gasteiger partial charge in [-0.3, -0.25) is 4.79 Å². The lowest BCUT2D eigenvalue weighted by Crippen LogP contribution is -2.43. The summed E-state index contributed by atoms with van der Waals surface area (Å²) in [6.45, 7) is 6.02. The van der Waals surface area contributed by atoms with E-state index in [-0.39, 0.29) is 12.5 Å². The molecular formula is C12H21N5O2. The first-order chi connectivity index (χ1) is 9.06. The molecule has 1 saturated heterocycles. The van der Waals surface area contributed by atoms with Crippen LogP contribution in [0, 0.1) is 5.92 Å². The van der Waals surface area contributed by atoms with Gasteiger partial charge in [0.2, 0.25) is 0 Å². The summed E-state index contributed by atoms with van der Waals surface area (Å²) < 4.78 is 1.70. The van der Waals surface area contributed by atoms with E-state index in [9.17, 15) is 9.90 Å². The number of carbonyl (C=O) groups is 1. The first-order valence-corrected chi connectivity index (χ1v) is 6.65. The van der Waals surface area contributed by atoms with Crippen molar-refractivity contribution in [1.29, 1.82) is 0 Å². The van der Waals surface area contributed by atoms with Crippen LogP contribution in [0.5, 0.6) is 0 Å². The molecule has 106 valence electrons.